The van der Waals surface area contributed by atoms with Gasteiger partial charge in [-0.3, -0.25) is 48.2 Å². The minimum Gasteiger partial charge on any atom is -0.319 e. The van der Waals surface area contributed by atoms with E-state index in [9.17, 15) is 0 Å². The van der Waals surface area contributed by atoms with E-state index in [4.69, 9.17) is 99.7 Å². The monoisotopic (exact) mass is 2330 g/mol. The van der Waals surface area contributed by atoms with E-state index < -0.39 is 0 Å². The number of benzene rings is 10. The molecule has 39 heteroatoms. The van der Waals surface area contributed by atoms with Crippen LogP contribution in [0.15, 0.2) is 339 Å². The first-order valence-corrected chi connectivity index (χ1v) is 42.7. The third-order valence-corrected chi connectivity index (χ3v) is 21.8. The average Bonchev–Trinajstić information content (AvgIpc) is 1.64. The molecule has 0 radical (unpaired) electrons. The molecule has 0 aliphatic rings. The van der Waals surface area contributed by atoms with Crippen LogP contribution < -0.4 is 29.9 Å². The molecule has 0 aliphatic heterocycles. The molecule has 0 atom stereocenters. The molecule has 0 unspecified atom stereocenters. The predicted molar refractivity (Wildman–Crippen MR) is 501 cm³/mol. The Bertz CT molecular complexity index is 8050. The van der Waals surface area contributed by atoms with Crippen molar-refractivity contribution in [2.24, 2.45) is 0 Å². The molecule has 10 aromatic carbocycles. The van der Waals surface area contributed by atoms with Gasteiger partial charge >= 0.3 is 63.2 Å². The van der Waals surface area contributed by atoms with Gasteiger partial charge in [0.25, 0.3) is 0 Å². The summed E-state index contributed by atoms with van der Waals surface area (Å²) in [5, 5.41) is 3.59. The van der Waals surface area contributed by atoms with Crippen molar-refractivity contribution in [3.05, 3.63) is 339 Å². The topological polar surface area (TPSA) is 414 Å². The van der Waals surface area contributed by atoms with Crippen molar-refractivity contribution in [3.8, 4) is 90.3 Å². The molecule has 0 amide bonds. The van der Waals surface area contributed by atoms with Crippen LogP contribution in [-0.4, -0.2) is 138 Å². The van der Waals surface area contributed by atoms with E-state index in [-0.39, 0.29) is 97.9 Å². The zero-order valence-electron chi connectivity index (χ0n) is 69.3. The third-order valence-electron chi connectivity index (χ3n) is 20.4. The molecule has 25 aromatic rings. The van der Waals surface area contributed by atoms with Gasteiger partial charge in [0.1, 0.15) is 33.9 Å². The number of nitrogens with zero attached hydrogens (tertiary/aromatic N) is 34. The van der Waals surface area contributed by atoms with Crippen LogP contribution in [0.4, 0.5) is 0 Å². The maximum absolute atomic E-state index is 4.93. The normalized spacial score (nSPS) is 11.1. The van der Waals surface area contributed by atoms with Crippen molar-refractivity contribution in [1.29, 1.82) is 0 Å². The number of aromatic nitrogens is 34. The number of para-hydroxylation sites is 4. The summed E-state index contributed by atoms with van der Waals surface area (Å²) in [6, 6.07) is 97.4. The van der Waals surface area contributed by atoms with E-state index in [0.29, 0.717) is 135 Å². The Hall–Kier alpha value is -16.8. The predicted octanol–water partition coefficient (Wildman–Crippen LogP) is 16.5. The number of thiazole rings is 2. The van der Waals surface area contributed by atoms with Gasteiger partial charge in [0.15, 0.2) is 33.0 Å². The second-order valence-corrected chi connectivity index (χ2v) is 30.8. The van der Waals surface area contributed by atoms with Crippen LogP contribution in [0.25, 0.3) is 226 Å². The second-order valence-electron chi connectivity index (χ2n) is 29.1. The summed E-state index contributed by atoms with van der Waals surface area (Å²) in [6.07, 6.45) is 7.18. The van der Waals surface area contributed by atoms with Crippen LogP contribution >= 0.6 is 22.7 Å². The fourth-order valence-corrected chi connectivity index (χ4v) is 15.6. The van der Waals surface area contributed by atoms with Crippen molar-refractivity contribution in [1.82, 2.24) is 168 Å². The molecule has 0 spiro atoms. The summed E-state index contributed by atoms with van der Waals surface area (Å²) in [5.41, 5.74) is 16.6. The number of rotatable bonds is 10. The van der Waals surface area contributed by atoms with Gasteiger partial charge in [-0.1, -0.05) is 255 Å². The molecule has 25 rings (SSSR count). The van der Waals surface area contributed by atoms with E-state index >= 15 is 0 Å². The zero-order chi connectivity index (χ0) is 87.6. The van der Waals surface area contributed by atoms with Gasteiger partial charge in [0.05, 0.1) is 68.5 Å². The summed E-state index contributed by atoms with van der Waals surface area (Å²) in [4.78, 5) is 143. The van der Waals surface area contributed by atoms with Gasteiger partial charge in [0, 0.05) is 92.5 Å². The quantitative estimate of drug-likeness (QED) is 0.123. The molecule has 34 nitrogen and oxygen atoms in total. The van der Waals surface area contributed by atoms with Crippen LogP contribution in [0.1, 0.15) is 0 Å². The number of hydrogen-bond acceptors (Lipinski definition) is 26. The fourth-order valence-electron chi connectivity index (χ4n) is 14.4. The van der Waals surface area contributed by atoms with Gasteiger partial charge in [-0.2, -0.15) is 0 Å². The van der Waals surface area contributed by atoms with Crippen molar-refractivity contribution in [3.63, 3.8) is 0 Å². The minimum absolute atomic E-state index is 0. The van der Waals surface area contributed by atoms with E-state index in [1.807, 2.05) is 322 Å². The molecule has 24 bridgehead atoms. The molecule has 15 heterocycles. The van der Waals surface area contributed by atoms with Crippen LogP contribution in [0, 0.1) is 0 Å². The molecule has 0 N–H and O–H groups in total. The van der Waals surface area contributed by atoms with E-state index in [2.05, 4.69) is 49.8 Å². The largest absolute Gasteiger partial charge is 2.00 e. The molecular weight excluding hydrogens is 2280 g/mol. The van der Waals surface area contributed by atoms with Gasteiger partial charge in [-0.05, 0) is 81.9 Å². The van der Waals surface area contributed by atoms with Crippen molar-refractivity contribution >= 4 is 158 Å². The smallest absolute Gasteiger partial charge is 0.319 e. The number of imidazole rings is 10. The molecule has 0 aliphatic carbocycles. The Morgan fingerprint density at radius 3 is 0.607 bits per heavy atom. The Morgan fingerprint density at radius 1 is 0.170 bits per heavy atom. The van der Waals surface area contributed by atoms with Gasteiger partial charge in [-0.25, -0.2) is 29.9 Å². The molecular formula is C96H56N34Pt3S2. The Kier molecular flexibility index (Phi) is 24.5. The standard InChI is InChI=1S/2C36H22N12.C24H12N10S2.3Pt/c1-5-13-23(14-6-1)29-31-43-33(41-29)37-27-21-48(26-19-11-4-12-20-26)36(40-27)46-32-30(24-15-7-2-8-16-24)42-34(44-32)38-28-22-47(35(39-28)45-31)25-17-9-3-10-18-25;1-5-13-23(14-6-1)29-31-37-27-21-47(25-17-9-3-10-18-25)36(39-27)46-34-42-30(24-15-7-2-8-16-24)32(44-34)38-28-22-48(26-19-11-4-12-20-26)35(40-28)45-33(41-29)43-31;1-3-7-13(8-4-1)17-19-31-21(29-17)25-15-11-36-24(28-15)34-20-18(14-9-5-2-6-10-14)30-22(32-20)26-16-12-35-23(27-16)33-19;;;/h2*1-22H;1-12H;;;/q3*-2;3*+2. The van der Waals surface area contributed by atoms with Gasteiger partial charge < -0.3 is 89.7 Å². The number of hydrogen-bond donors (Lipinski definition) is 0. The Balaban J connectivity index is 0.000000126. The summed E-state index contributed by atoms with van der Waals surface area (Å²) < 4.78 is 7.36. The summed E-state index contributed by atoms with van der Waals surface area (Å²) in [6.45, 7) is 0. The van der Waals surface area contributed by atoms with Crippen LogP contribution in [0.2, 0.25) is 0 Å². The molecule has 0 saturated heterocycles. The molecule has 15 aromatic heterocycles. The summed E-state index contributed by atoms with van der Waals surface area (Å²) in [5.74, 6) is 2.70. The molecule has 0 saturated carbocycles. The van der Waals surface area contributed by atoms with Crippen LogP contribution in [0.5, 0.6) is 0 Å². The van der Waals surface area contributed by atoms with Gasteiger partial charge in [-0.15, -0.1) is 22.7 Å². The molecule has 652 valence electrons. The second kappa shape index (κ2) is 38.3. The van der Waals surface area contributed by atoms with Crippen molar-refractivity contribution in [2.75, 3.05) is 0 Å². The zero-order valence-corrected chi connectivity index (χ0v) is 77.8. The summed E-state index contributed by atoms with van der Waals surface area (Å²) in [7, 11) is 0. The third kappa shape index (κ3) is 18.6. The minimum atomic E-state index is 0. The van der Waals surface area contributed by atoms with Crippen LogP contribution in [-0.2, 0) is 63.2 Å². The SMILES string of the molecule is [Pt+2].[Pt+2].[Pt+2].c1ccc(-c2nc3nc4cn(-c5ccccc5)c(n4)nc4[n-]c(nc4-c4ccccc4)nc4cn(-c5ccccc5)c(n4)nc2[n-]3)cc1.c1ccc(-c2nc3nc4csc(n4)nc4[n-]c(nc4-c4ccccc4)nc4csc(n4)nc2[n-]3)cc1.c1ccc(-c2nc3nc4nc(cn4-c4ccccc4)nc4[n-]c(nc4-c4ccccc4)nc4nc(cn4-c4ccccc4)nc2[n-]3)cc1. The van der Waals surface area contributed by atoms with E-state index in [1.165, 1.54) is 22.7 Å². The van der Waals surface area contributed by atoms with Gasteiger partial charge in [0.2, 0.25) is 0 Å². The summed E-state index contributed by atoms with van der Waals surface area (Å²) >= 11 is 2.68. The fraction of sp³-hybridized carbons (Fsp3) is 0. The maximum atomic E-state index is 4.93. The first-order chi connectivity index (χ1) is 65.2. The Labute approximate surface area is 811 Å². The maximum Gasteiger partial charge on any atom is 2.00 e. The first kappa shape index (κ1) is 86.3. The van der Waals surface area contributed by atoms with E-state index in [0.717, 1.165) is 56.1 Å². The first-order valence-electron chi connectivity index (χ1n) is 41.0. The van der Waals surface area contributed by atoms with Crippen molar-refractivity contribution < 1.29 is 63.2 Å². The molecule has 0 fully saturated rings. The van der Waals surface area contributed by atoms with Crippen LogP contribution in [0.3, 0.4) is 0 Å². The Morgan fingerprint density at radius 2 is 0.363 bits per heavy atom. The van der Waals surface area contributed by atoms with Crippen molar-refractivity contribution in [2.45, 2.75) is 0 Å². The number of fused-ring (bicyclic) bond motifs is 24. The average molecular weight is 2340 g/mol. The molecule has 135 heavy (non-hydrogen) atoms. The van der Waals surface area contributed by atoms with E-state index in [1.54, 1.807) is 35.5 Å².